The van der Waals surface area contributed by atoms with Gasteiger partial charge in [-0.2, -0.15) is 4.68 Å². The highest BCUT2D eigenvalue weighted by Gasteiger charge is 2.18. The molecule has 21 heavy (non-hydrogen) atoms. The Hall–Kier alpha value is -2.83. The highest BCUT2D eigenvalue weighted by Crippen LogP contribution is 2.28. The zero-order valence-electron chi connectivity index (χ0n) is 10.6. The number of nitrogen functional groups attached to an aromatic ring is 1. The molecule has 0 radical (unpaired) electrons. The second kappa shape index (κ2) is 4.93. The van der Waals surface area contributed by atoms with Crippen LogP contribution in [0, 0.1) is 17.5 Å². The Morgan fingerprint density at radius 2 is 1.71 bits per heavy atom. The van der Waals surface area contributed by atoms with Gasteiger partial charge in [0.05, 0.1) is 0 Å². The predicted molar refractivity (Wildman–Crippen MR) is 71.1 cm³/mol. The van der Waals surface area contributed by atoms with Gasteiger partial charge in [0.25, 0.3) is 0 Å². The van der Waals surface area contributed by atoms with Gasteiger partial charge >= 0.3 is 0 Å². The van der Waals surface area contributed by atoms with Crippen LogP contribution < -0.4 is 5.73 Å². The molecule has 0 unspecified atom stereocenters. The van der Waals surface area contributed by atoms with E-state index in [1.807, 2.05) is 0 Å². The number of nitrogens with zero attached hydrogens (tertiary/aromatic N) is 3. The van der Waals surface area contributed by atoms with Crippen LogP contribution >= 0.6 is 0 Å². The number of hydrogen-bond acceptors (Lipinski definition) is 3. The van der Waals surface area contributed by atoms with Crippen molar-refractivity contribution in [2.24, 2.45) is 0 Å². The molecule has 106 valence electrons. The van der Waals surface area contributed by atoms with E-state index < -0.39 is 17.5 Å². The molecule has 0 amide bonds. The Bertz CT molecular complexity index is 814. The van der Waals surface area contributed by atoms with Gasteiger partial charge in [0, 0.05) is 5.56 Å². The van der Waals surface area contributed by atoms with Crippen LogP contribution in [0.25, 0.3) is 16.9 Å². The molecule has 4 nitrogen and oxygen atoms in total. The fourth-order valence-corrected chi connectivity index (χ4v) is 1.96. The third-order valence-electron chi connectivity index (χ3n) is 2.97. The fourth-order valence-electron chi connectivity index (χ4n) is 1.96. The second-order valence-corrected chi connectivity index (χ2v) is 4.31. The van der Waals surface area contributed by atoms with Crippen LogP contribution in [0.2, 0.25) is 0 Å². The SMILES string of the molecule is Nc1c(-c2cc(F)ccc2F)nnn1-c1ccccc1F. The Balaban J connectivity index is 2.16. The summed E-state index contributed by atoms with van der Waals surface area (Å²) in [5.74, 6) is -1.96. The van der Waals surface area contributed by atoms with E-state index in [0.29, 0.717) is 0 Å². The summed E-state index contributed by atoms with van der Waals surface area (Å²) in [6, 6.07) is 8.70. The normalized spacial score (nSPS) is 10.8. The van der Waals surface area contributed by atoms with Crippen molar-refractivity contribution < 1.29 is 13.2 Å². The van der Waals surface area contributed by atoms with E-state index in [-0.39, 0.29) is 22.8 Å². The number of benzene rings is 2. The number of aromatic nitrogens is 3. The van der Waals surface area contributed by atoms with E-state index >= 15 is 0 Å². The van der Waals surface area contributed by atoms with Crippen LogP contribution in [0.5, 0.6) is 0 Å². The smallest absolute Gasteiger partial charge is 0.156 e. The number of rotatable bonds is 2. The molecule has 1 aromatic heterocycles. The van der Waals surface area contributed by atoms with E-state index in [0.717, 1.165) is 22.9 Å². The molecule has 1 heterocycles. The molecule has 0 saturated heterocycles. The maximum absolute atomic E-state index is 13.8. The molecule has 0 atom stereocenters. The minimum absolute atomic E-state index is 0.0461. The second-order valence-electron chi connectivity index (χ2n) is 4.31. The molecular weight excluding hydrogens is 281 g/mol. The summed E-state index contributed by atoms with van der Waals surface area (Å²) in [4.78, 5) is 0. The van der Waals surface area contributed by atoms with Crippen molar-refractivity contribution in [2.45, 2.75) is 0 Å². The highest BCUT2D eigenvalue weighted by molar-refractivity contribution is 5.71. The summed E-state index contributed by atoms with van der Waals surface area (Å²) in [5, 5.41) is 7.43. The topological polar surface area (TPSA) is 56.7 Å². The molecule has 0 spiro atoms. The maximum Gasteiger partial charge on any atom is 0.156 e. The predicted octanol–water partition coefficient (Wildman–Crippen LogP) is 2.93. The summed E-state index contributed by atoms with van der Waals surface area (Å²) >= 11 is 0. The van der Waals surface area contributed by atoms with Crippen LogP contribution in [0.3, 0.4) is 0 Å². The number of hydrogen-bond donors (Lipinski definition) is 1. The number of halogens is 3. The summed E-state index contributed by atoms with van der Waals surface area (Å²) in [7, 11) is 0. The van der Waals surface area contributed by atoms with Gasteiger partial charge in [0.1, 0.15) is 28.8 Å². The Morgan fingerprint density at radius 3 is 2.48 bits per heavy atom. The maximum atomic E-state index is 13.8. The first kappa shape index (κ1) is 13.2. The van der Waals surface area contributed by atoms with E-state index in [1.54, 1.807) is 6.07 Å². The average Bonchev–Trinajstić information content (AvgIpc) is 2.84. The fraction of sp³-hybridized carbons (Fsp3) is 0. The molecule has 2 N–H and O–H groups in total. The average molecular weight is 290 g/mol. The quantitative estimate of drug-likeness (QED) is 0.789. The molecule has 7 heteroatoms. The lowest BCUT2D eigenvalue weighted by atomic mass is 10.1. The number of para-hydroxylation sites is 1. The minimum Gasteiger partial charge on any atom is -0.382 e. The number of nitrogens with two attached hydrogens (primary N) is 1. The molecule has 0 aliphatic heterocycles. The molecule has 3 rings (SSSR count). The van der Waals surface area contributed by atoms with Gasteiger partial charge in [0.15, 0.2) is 5.82 Å². The monoisotopic (exact) mass is 290 g/mol. The summed E-state index contributed by atoms with van der Waals surface area (Å²) in [6.45, 7) is 0. The summed E-state index contributed by atoms with van der Waals surface area (Å²) < 4.78 is 41.8. The van der Waals surface area contributed by atoms with Crippen molar-refractivity contribution in [3.05, 3.63) is 59.9 Å². The van der Waals surface area contributed by atoms with Crippen LogP contribution in [0.1, 0.15) is 0 Å². The van der Waals surface area contributed by atoms with Crippen molar-refractivity contribution in [3.8, 4) is 16.9 Å². The highest BCUT2D eigenvalue weighted by atomic mass is 19.1. The van der Waals surface area contributed by atoms with Crippen molar-refractivity contribution in [3.63, 3.8) is 0 Å². The van der Waals surface area contributed by atoms with E-state index in [2.05, 4.69) is 10.3 Å². The Morgan fingerprint density at radius 1 is 0.952 bits per heavy atom. The molecule has 2 aromatic carbocycles. The molecule has 0 fully saturated rings. The van der Waals surface area contributed by atoms with E-state index in [1.165, 1.54) is 18.2 Å². The summed E-state index contributed by atoms with van der Waals surface area (Å²) in [5.41, 5.74) is 5.74. The lowest BCUT2D eigenvalue weighted by Gasteiger charge is -2.05. The van der Waals surface area contributed by atoms with Gasteiger partial charge in [-0.25, -0.2) is 13.2 Å². The number of anilines is 1. The van der Waals surface area contributed by atoms with Crippen molar-refractivity contribution in [2.75, 3.05) is 5.73 Å². The standard InChI is InChI=1S/C14H9F3N4/c15-8-5-6-10(16)9(7-8)13-14(18)21(20-19-13)12-4-2-1-3-11(12)17/h1-7H,18H2. The van der Waals surface area contributed by atoms with Crippen LogP contribution in [0.4, 0.5) is 19.0 Å². The zero-order chi connectivity index (χ0) is 15.0. The molecule has 0 aliphatic rings. The molecular formula is C14H9F3N4. The third kappa shape index (κ3) is 2.22. The lowest BCUT2D eigenvalue weighted by Crippen LogP contribution is -2.04. The van der Waals surface area contributed by atoms with Gasteiger partial charge in [-0.15, -0.1) is 5.10 Å². The van der Waals surface area contributed by atoms with E-state index in [4.69, 9.17) is 5.73 Å². The molecule has 3 aromatic rings. The molecule has 0 saturated carbocycles. The minimum atomic E-state index is -0.691. The Kier molecular flexibility index (Phi) is 3.09. The Labute approximate surface area is 117 Å². The third-order valence-corrected chi connectivity index (χ3v) is 2.97. The van der Waals surface area contributed by atoms with E-state index in [9.17, 15) is 13.2 Å². The molecule has 0 aliphatic carbocycles. The van der Waals surface area contributed by atoms with Gasteiger partial charge in [-0.3, -0.25) is 0 Å². The van der Waals surface area contributed by atoms with Gasteiger partial charge in [-0.1, -0.05) is 17.3 Å². The van der Waals surface area contributed by atoms with Gasteiger partial charge in [0.2, 0.25) is 0 Å². The van der Waals surface area contributed by atoms with Crippen molar-refractivity contribution >= 4 is 5.82 Å². The first-order chi connectivity index (χ1) is 10.1. The first-order valence-corrected chi connectivity index (χ1v) is 5.99. The zero-order valence-corrected chi connectivity index (χ0v) is 10.6. The molecule has 0 bridgehead atoms. The largest absolute Gasteiger partial charge is 0.382 e. The van der Waals surface area contributed by atoms with Crippen molar-refractivity contribution in [1.29, 1.82) is 0 Å². The van der Waals surface area contributed by atoms with Crippen molar-refractivity contribution in [1.82, 2.24) is 15.0 Å². The van der Waals surface area contributed by atoms with Gasteiger partial charge in [-0.05, 0) is 30.3 Å². The summed E-state index contributed by atoms with van der Waals surface area (Å²) in [6.07, 6.45) is 0. The lowest BCUT2D eigenvalue weighted by molar-refractivity contribution is 0.602. The van der Waals surface area contributed by atoms with Gasteiger partial charge < -0.3 is 5.73 Å². The van der Waals surface area contributed by atoms with Crippen LogP contribution in [0.15, 0.2) is 42.5 Å². The van der Waals surface area contributed by atoms with Crippen LogP contribution in [-0.2, 0) is 0 Å². The van der Waals surface area contributed by atoms with Crippen LogP contribution in [-0.4, -0.2) is 15.0 Å². The first-order valence-electron chi connectivity index (χ1n) is 5.99.